The molecule has 3 rings (SSSR count). The molecule has 0 saturated carbocycles. The van der Waals surface area contributed by atoms with Crippen LogP contribution in [-0.2, 0) is 21.7 Å². The first kappa shape index (κ1) is 51.5. The third-order valence-corrected chi connectivity index (χ3v) is 3.67. The zero-order chi connectivity index (χ0) is 15.2. The molecule has 29 heavy (non-hydrogen) atoms. The van der Waals surface area contributed by atoms with Gasteiger partial charge in [0.15, 0.2) is 0 Å². The van der Waals surface area contributed by atoms with E-state index in [1.807, 2.05) is 12.2 Å². The van der Waals surface area contributed by atoms with E-state index in [-0.39, 0.29) is 83.7 Å². The summed E-state index contributed by atoms with van der Waals surface area (Å²) < 4.78 is 0. The van der Waals surface area contributed by atoms with Gasteiger partial charge >= 0.3 is 0 Å². The standard InChI is InChI=1S/C12H11P.C5H5.C2H7Si.5CH3.2ClH.Ti/c1-3-7-11(8-4-1)13-12-9-5-2-6-10-12;1-2-4-5-3-1;1-3-2;;;;;;;;/h1-10,13H;1-3H,4H2;3H,1-2H3;5*1H3;2*1H;/q;-1;;5*-1;;;. The summed E-state index contributed by atoms with van der Waals surface area (Å²) in [5.41, 5.74) is 0. The van der Waals surface area contributed by atoms with Crippen LogP contribution in [0.3, 0.4) is 0 Å². The Morgan fingerprint density at radius 2 is 1.07 bits per heavy atom. The molecule has 1 aliphatic rings. The van der Waals surface area contributed by atoms with Crippen molar-refractivity contribution in [3.63, 3.8) is 0 Å². The van der Waals surface area contributed by atoms with E-state index in [1.54, 1.807) is 0 Å². The van der Waals surface area contributed by atoms with Crippen LogP contribution in [0.25, 0.3) is 0 Å². The molecule has 0 aromatic heterocycles. The Bertz CT molecular complexity index is 488. The maximum Gasteiger partial charge on any atom is 0.0213 e. The van der Waals surface area contributed by atoms with Crippen LogP contribution in [0.1, 0.15) is 6.42 Å². The second-order valence-corrected chi connectivity index (χ2v) is 7.00. The van der Waals surface area contributed by atoms with Crippen LogP contribution >= 0.6 is 33.4 Å². The predicted molar refractivity (Wildman–Crippen MR) is 147 cm³/mol. The molecule has 2 aromatic carbocycles. The van der Waals surface area contributed by atoms with Crippen LogP contribution in [0.15, 0.2) is 78.9 Å². The number of benzene rings is 2. The molecule has 169 valence electrons. The van der Waals surface area contributed by atoms with Crippen molar-refractivity contribution in [1.29, 1.82) is 0 Å². The van der Waals surface area contributed by atoms with Crippen LogP contribution in [0.2, 0.25) is 13.1 Å². The molecule has 1 aliphatic carbocycles. The van der Waals surface area contributed by atoms with Crippen molar-refractivity contribution in [2.45, 2.75) is 19.5 Å². The molecule has 1 radical (unpaired) electrons. The summed E-state index contributed by atoms with van der Waals surface area (Å²) in [6, 6.07) is 21.2. The van der Waals surface area contributed by atoms with Crippen LogP contribution in [0.5, 0.6) is 0 Å². The largest absolute Gasteiger partial charge is 0.358 e. The fourth-order valence-electron chi connectivity index (χ4n) is 1.55. The number of rotatable bonds is 2. The molecule has 0 unspecified atom stereocenters. The number of allylic oxidation sites excluding steroid dienone is 4. The second-order valence-electron chi connectivity index (χ2n) is 4.44. The Hall–Kier alpha value is -0.139. The summed E-state index contributed by atoms with van der Waals surface area (Å²) in [6.07, 6.45) is 10.0. The third-order valence-electron chi connectivity index (χ3n) is 2.42. The van der Waals surface area contributed by atoms with Crippen molar-refractivity contribution in [1.82, 2.24) is 0 Å². The summed E-state index contributed by atoms with van der Waals surface area (Å²) in [6.45, 7) is 4.42. The zero-order valence-corrected chi connectivity index (χ0v) is 24.5. The molecular formula is C24H40Cl2PSiTi-6. The fraction of sp³-hybridized carbons (Fsp3) is 0.125. The smallest absolute Gasteiger partial charge is 0.0213 e. The van der Waals surface area contributed by atoms with E-state index >= 15 is 0 Å². The Morgan fingerprint density at radius 1 is 0.724 bits per heavy atom. The Morgan fingerprint density at radius 3 is 1.28 bits per heavy atom. The third kappa shape index (κ3) is 30.1. The van der Waals surface area contributed by atoms with Gasteiger partial charge in [0.05, 0.1) is 0 Å². The number of hydrogen-bond donors (Lipinski definition) is 0. The fourth-order valence-corrected chi connectivity index (χ4v) is 2.60. The topological polar surface area (TPSA) is 0 Å². The van der Waals surface area contributed by atoms with Crippen molar-refractivity contribution in [2.75, 3.05) is 0 Å². The summed E-state index contributed by atoms with van der Waals surface area (Å²) in [5, 5.41) is 2.79. The van der Waals surface area contributed by atoms with Crippen molar-refractivity contribution in [3.05, 3.63) is 122 Å². The van der Waals surface area contributed by atoms with Gasteiger partial charge in [-0.05, 0) is 10.6 Å². The molecule has 0 nitrogen and oxygen atoms in total. The van der Waals surface area contributed by atoms with Gasteiger partial charge in [-0.1, -0.05) is 82.3 Å². The van der Waals surface area contributed by atoms with E-state index in [4.69, 9.17) is 0 Å². The molecule has 0 bridgehead atoms. The van der Waals surface area contributed by atoms with E-state index in [2.05, 4.69) is 85.9 Å². The molecule has 0 aliphatic heterocycles. The monoisotopic (exact) mass is 505 g/mol. The molecule has 5 heteroatoms. The summed E-state index contributed by atoms with van der Waals surface area (Å²) in [5.74, 6) is 0. The molecule has 0 amide bonds. The first-order chi connectivity index (χ1) is 10.4. The average Bonchev–Trinajstić information content (AvgIpc) is 3.10. The van der Waals surface area contributed by atoms with E-state index in [9.17, 15) is 0 Å². The van der Waals surface area contributed by atoms with Crippen molar-refractivity contribution in [2.24, 2.45) is 0 Å². The number of halogens is 2. The maximum absolute atomic E-state index is 2.99. The second kappa shape index (κ2) is 38.5. The molecule has 0 spiro atoms. The molecule has 2 aromatic rings. The van der Waals surface area contributed by atoms with Gasteiger partial charge in [0, 0.05) is 31.2 Å². The molecule has 0 heterocycles. The predicted octanol–water partition coefficient (Wildman–Crippen LogP) is 7.23. The molecule has 0 N–H and O–H groups in total. The van der Waals surface area contributed by atoms with Gasteiger partial charge < -0.3 is 37.1 Å². The van der Waals surface area contributed by atoms with Gasteiger partial charge in [0.2, 0.25) is 0 Å². The summed E-state index contributed by atoms with van der Waals surface area (Å²) in [4.78, 5) is 0. The van der Waals surface area contributed by atoms with Gasteiger partial charge in [0.1, 0.15) is 0 Å². The quantitative estimate of drug-likeness (QED) is 0.229. The van der Waals surface area contributed by atoms with Crippen LogP contribution in [0, 0.1) is 43.2 Å². The van der Waals surface area contributed by atoms with Crippen molar-refractivity contribution >= 4 is 53.5 Å². The number of hydrogen-bond acceptors (Lipinski definition) is 0. The van der Waals surface area contributed by atoms with Gasteiger partial charge in [-0.3, -0.25) is 6.08 Å². The normalized spacial score (nSPS) is 8.07. The average molecular weight is 506 g/mol. The first-order valence-corrected chi connectivity index (χ1v) is 10.5. The van der Waals surface area contributed by atoms with Crippen LogP contribution in [0.4, 0.5) is 0 Å². The zero-order valence-electron chi connectivity index (χ0n) is 19.1. The summed E-state index contributed by atoms with van der Waals surface area (Å²) >= 11 is 0. The molecule has 0 saturated heterocycles. The summed E-state index contributed by atoms with van der Waals surface area (Å²) in [7, 11) is 1.53. The first-order valence-electron chi connectivity index (χ1n) is 7.19. The van der Waals surface area contributed by atoms with Crippen LogP contribution < -0.4 is 10.6 Å². The minimum absolute atomic E-state index is 0. The van der Waals surface area contributed by atoms with Gasteiger partial charge in [-0.2, -0.15) is 6.08 Å². The Balaban J connectivity index is -0.0000000406. The SMILES string of the molecule is C[SiH]C.Cl.Cl.[C-]1=CC=CC1.[CH3-].[CH3-].[CH3-].[CH3-].[CH3-].[Ti].c1ccc(Pc2ccccc2)cc1. The van der Waals surface area contributed by atoms with E-state index in [1.165, 1.54) is 10.6 Å². The van der Waals surface area contributed by atoms with Crippen LogP contribution in [-0.4, -0.2) is 9.52 Å². The molecule has 0 fully saturated rings. The Kier molecular flexibility index (Phi) is 68.3. The van der Waals surface area contributed by atoms with E-state index < -0.39 is 0 Å². The van der Waals surface area contributed by atoms with E-state index in [0.29, 0.717) is 0 Å². The Labute approximate surface area is 215 Å². The minimum Gasteiger partial charge on any atom is -0.358 e. The minimum atomic E-state index is 0. The van der Waals surface area contributed by atoms with Gasteiger partial charge in [-0.15, -0.1) is 31.2 Å². The van der Waals surface area contributed by atoms with Gasteiger partial charge in [0.25, 0.3) is 0 Å². The van der Waals surface area contributed by atoms with Gasteiger partial charge in [-0.25, -0.2) is 12.2 Å². The van der Waals surface area contributed by atoms with E-state index in [0.717, 1.165) is 24.5 Å². The molecule has 0 atom stereocenters. The van der Waals surface area contributed by atoms with Crippen molar-refractivity contribution < 1.29 is 21.7 Å². The van der Waals surface area contributed by atoms with Crippen molar-refractivity contribution in [3.8, 4) is 0 Å². The maximum atomic E-state index is 2.99. The molecular weight excluding hydrogens is 466 g/mol.